The molecule has 2 aromatic carbocycles. The number of amides is 1. The van der Waals surface area contributed by atoms with Crippen molar-refractivity contribution in [3.05, 3.63) is 95.8 Å². The topological polar surface area (TPSA) is 94.8 Å². The lowest BCUT2D eigenvalue weighted by molar-refractivity contribution is 0.103. The molecular weight excluding hydrogens is 436 g/mol. The van der Waals surface area contributed by atoms with Crippen LogP contribution in [-0.2, 0) is 0 Å². The molecule has 0 bridgehead atoms. The molecule has 0 spiro atoms. The molecule has 0 radical (unpaired) electrons. The third-order valence-electron chi connectivity index (χ3n) is 4.72. The third kappa shape index (κ3) is 4.63. The van der Waals surface area contributed by atoms with Crippen LogP contribution in [0.4, 0.5) is 5.69 Å². The van der Waals surface area contributed by atoms with Gasteiger partial charge in [-0.2, -0.15) is 5.10 Å². The fourth-order valence-electron chi connectivity index (χ4n) is 3.12. The van der Waals surface area contributed by atoms with Crippen molar-refractivity contribution in [3.63, 3.8) is 0 Å². The number of benzene rings is 2. The predicted octanol–water partition coefficient (Wildman–Crippen LogP) is 5.14. The van der Waals surface area contributed by atoms with Crippen LogP contribution in [0.15, 0.2) is 85.2 Å². The van der Waals surface area contributed by atoms with Gasteiger partial charge >= 0.3 is 0 Å². The van der Waals surface area contributed by atoms with Gasteiger partial charge in [0.1, 0.15) is 15.6 Å². The molecule has 162 valence electrons. The van der Waals surface area contributed by atoms with Gasteiger partial charge in [0, 0.05) is 29.7 Å². The standard InChI is InChI=1S/C24H18N6O2S/c1-16-22(33-24(26-16)17-6-3-2-4-7-17)23(31)27-18-8-10-19(11-9-18)32-21-13-12-20(28-29-21)30-15-5-14-25-30/h2-15H,1H3,(H,27,31). The molecular formula is C24H18N6O2S. The van der Waals surface area contributed by atoms with Gasteiger partial charge in [0.05, 0.1) is 5.69 Å². The van der Waals surface area contributed by atoms with Crippen LogP contribution in [0.1, 0.15) is 15.4 Å². The molecule has 1 N–H and O–H groups in total. The van der Waals surface area contributed by atoms with Crippen LogP contribution in [0.5, 0.6) is 11.6 Å². The number of anilines is 1. The van der Waals surface area contributed by atoms with E-state index < -0.39 is 0 Å². The van der Waals surface area contributed by atoms with Gasteiger partial charge in [0.15, 0.2) is 5.82 Å². The van der Waals surface area contributed by atoms with Crippen molar-refractivity contribution in [2.24, 2.45) is 0 Å². The Morgan fingerprint density at radius 3 is 2.48 bits per heavy atom. The number of aryl methyl sites for hydroxylation is 1. The van der Waals surface area contributed by atoms with Crippen LogP contribution in [0.2, 0.25) is 0 Å². The quantitative estimate of drug-likeness (QED) is 0.382. The van der Waals surface area contributed by atoms with Gasteiger partial charge in [0.25, 0.3) is 5.91 Å². The molecule has 9 heteroatoms. The Labute approximate surface area is 193 Å². The predicted molar refractivity (Wildman–Crippen MR) is 126 cm³/mol. The molecule has 0 aliphatic heterocycles. The minimum Gasteiger partial charge on any atom is -0.438 e. The fraction of sp³-hybridized carbons (Fsp3) is 0.0417. The van der Waals surface area contributed by atoms with Crippen LogP contribution in [-0.4, -0.2) is 30.9 Å². The highest BCUT2D eigenvalue weighted by molar-refractivity contribution is 7.17. The molecule has 3 aromatic heterocycles. The summed E-state index contributed by atoms with van der Waals surface area (Å²) in [7, 11) is 0. The Morgan fingerprint density at radius 1 is 0.970 bits per heavy atom. The molecule has 0 aliphatic carbocycles. The van der Waals surface area contributed by atoms with Gasteiger partial charge in [-0.05, 0) is 43.3 Å². The summed E-state index contributed by atoms with van der Waals surface area (Å²) in [5.74, 6) is 1.34. The molecule has 0 saturated heterocycles. The summed E-state index contributed by atoms with van der Waals surface area (Å²) in [5.41, 5.74) is 2.35. The summed E-state index contributed by atoms with van der Waals surface area (Å²) in [5, 5.41) is 16.0. The summed E-state index contributed by atoms with van der Waals surface area (Å²) in [4.78, 5) is 17.9. The van der Waals surface area contributed by atoms with E-state index in [1.807, 2.05) is 43.3 Å². The second kappa shape index (κ2) is 9.01. The Hall–Kier alpha value is -4.37. The minimum atomic E-state index is -0.194. The van der Waals surface area contributed by atoms with E-state index in [0.717, 1.165) is 10.6 Å². The van der Waals surface area contributed by atoms with E-state index in [9.17, 15) is 4.79 Å². The highest BCUT2D eigenvalue weighted by Gasteiger charge is 2.16. The number of rotatable bonds is 6. The van der Waals surface area contributed by atoms with Gasteiger partial charge in [-0.25, -0.2) is 9.67 Å². The van der Waals surface area contributed by atoms with E-state index >= 15 is 0 Å². The number of ether oxygens (including phenoxy) is 1. The third-order valence-corrected chi connectivity index (χ3v) is 5.93. The number of hydrogen-bond acceptors (Lipinski definition) is 7. The van der Waals surface area contributed by atoms with Crippen molar-refractivity contribution in [1.82, 2.24) is 25.0 Å². The molecule has 5 rings (SSSR count). The average molecular weight is 455 g/mol. The molecule has 5 aromatic rings. The maximum absolute atomic E-state index is 12.8. The smallest absolute Gasteiger partial charge is 0.267 e. The molecule has 0 aliphatic rings. The molecule has 1 amide bonds. The summed E-state index contributed by atoms with van der Waals surface area (Å²) in [6, 6.07) is 22.2. The van der Waals surface area contributed by atoms with E-state index in [2.05, 4.69) is 25.6 Å². The van der Waals surface area contributed by atoms with Gasteiger partial charge in [-0.15, -0.1) is 21.5 Å². The Balaban J connectivity index is 1.24. The highest BCUT2D eigenvalue weighted by atomic mass is 32.1. The second-order valence-corrected chi connectivity index (χ2v) is 8.06. The lowest BCUT2D eigenvalue weighted by atomic mass is 10.2. The molecule has 0 saturated carbocycles. The van der Waals surface area contributed by atoms with Gasteiger partial charge in [-0.1, -0.05) is 30.3 Å². The summed E-state index contributed by atoms with van der Waals surface area (Å²) in [6.07, 6.45) is 3.46. The van der Waals surface area contributed by atoms with E-state index in [1.54, 1.807) is 53.5 Å². The zero-order valence-corrected chi connectivity index (χ0v) is 18.4. The van der Waals surface area contributed by atoms with E-state index in [1.165, 1.54) is 11.3 Å². The van der Waals surface area contributed by atoms with Crippen LogP contribution in [0.3, 0.4) is 0 Å². The summed E-state index contributed by atoms with van der Waals surface area (Å²) in [6.45, 7) is 1.84. The minimum absolute atomic E-state index is 0.194. The summed E-state index contributed by atoms with van der Waals surface area (Å²) < 4.78 is 7.36. The maximum Gasteiger partial charge on any atom is 0.267 e. The first kappa shape index (κ1) is 20.5. The maximum atomic E-state index is 12.8. The SMILES string of the molecule is Cc1nc(-c2ccccc2)sc1C(=O)Nc1ccc(Oc2ccc(-n3cccn3)nn2)cc1. The van der Waals surface area contributed by atoms with Gasteiger partial charge in [0.2, 0.25) is 5.88 Å². The van der Waals surface area contributed by atoms with Crippen molar-refractivity contribution in [3.8, 4) is 28.0 Å². The number of hydrogen-bond donors (Lipinski definition) is 1. The molecule has 8 nitrogen and oxygen atoms in total. The Kier molecular flexibility index (Phi) is 5.61. The molecule has 0 atom stereocenters. The van der Waals surface area contributed by atoms with E-state index in [4.69, 9.17) is 4.74 Å². The second-order valence-electron chi connectivity index (χ2n) is 7.06. The van der Waals surface area contributed by atoms with Crippen molar-refractivity contribution >= 4 is 22.9 Å². The monoisotopic (exact) mass is 454 g/mol. The lowest BCUT2D eigenvalue weighted by Gasteiger charge is -2.07. The first-order valence-electron chi connectivity index (χ1n) is 10.1. The van der Waals surface area contributed by atoms with Crippen molar-refractivity contribution in [1.29, 1.82) is 0 Å². The van der Waals surface area contributed by atoms with E-state index in [0.29, 0.717) is 33.7 Å². The van der Waals surface area contributed by atoms with E-state index in [-0.39, 0.29) is 5.91 Å². The van der Waals surface area contributed by atoms with Crippen LogP contribution in [0.25, 0.3) is 16.4 Å². The van der Waals surface area contributed by atoms with Crippen molar-refractivity contribution in [2.45, 2.75) is 6.92 Å². The number of aromatic nitrogens is 5. The summed E-state index contributed by atoms with van der Waals surface area (Å²) >= 11 is 1.38. The fourth-order valence-corrected chi connectivity index (χ4v) is 4.09. The average Bonchev–Trinajstić information content (AvgIpc) is 3.52. The number of carbonyl (C=O) groups excluding carboxylic acids is 1. The first-order chi connectivity index (χ1) is 16.2. The lowest BCUT2D eigenvalue weighted by Crippen LogP contribution is -2.11. The first-order valence-corrected chi connectivity index (χ1v) is 10.9. The number of nitrogens with zero attached hydrogens (tertiary/aromatic N) is 5. The Bertz CT molecular complexity index is 1370. The number of thiazole rings is 1. The normalized spacial score (nSPS) is 10.7. The Morgan fingerprint density at radius 2 is 1.79 bits per heavy atom. The van der Waals surface area contributed by atoms with Crippen LogP contribution < -0.4 is 10.1 Å². The molecule has 33 heavy (non-hydrogen) atoms. The molecule has 0 unspecified atom stereocenters. The number of nitrogens with one attached hydrogen (secondary N) is 1. The van der Waals surface area contributed by atoms with Crippen LogP contribution >= 0.6 is 11.3 Å². The number of carbonyl (C=O) groups is 1. The van der Waals surface area contributed by atoms with Gasteiger partial charge < -0.3 is 10.1 Å². The van der Waals surface area contributed by atoms with Crippen LogP contribution in [0, 0.1) is 6.92 Å². The largest absolute Gasteiger partial charge is 0.438 e. The zero-order chi connectivity index (χ0) is 22.6. The van der Waals surface area contributed by atoms with Crippen molar-refractivity contribution in [2.75, 3.05) is 5.32 Å². The molecule has 0 fully saturated rings. The molecule has 3 heterocycles. The zero-order valence-electron chi connectivity index (χ0n) is 17.5. The van der Waals surface area contributed by atoms with Gasteiger partial charge in [-0.3, -0.25) is 4.79 Å². The van der Waals surface area contributed by atoms with Crippen molar-refractivity contribution < 1.29 is 9.53 Å². The highest BCUT2D eigenvalue weighted by Crippen LogP contribution is 2.29.